The third-order valence-electron chi connectivity index (χ3n) is 4.28. The molecule has 0 aliphatic carbocycles. The number of para-hydroxylation sites is 1. The molecule has 0 aliphatic rings. The van der Waals surface area contributed by atoms with Crippen LogP contribution in [-0.2, 0) is 0 Å². The van der Waals surface area contributed by atoms with Gasteiger partial charge in [0.05, 0.1) is 31.7 Å². The summed E-state index contributed by atoms with van der Waals surface area (Å²) in [7, 11) is 2.91. The van der Waals surface area contributed by atoms with E-state index in [9.17, 15) is 9.59 Å². The number of nitrogens with one attached hydrogen (secondary N) is 1. The molecule has 28 heavy (non-hydrogen) atoms. The molecule has 1 aromatic heterocycles. The molecule has 1 heterocycles. The lowest BCUT2D eigenvalue weighted by molar-refractivity contribution is 0.101. The van der Waals surface area contributed by atoms with Crippen molar-refractivity contribution < 1.29 is 14.3 Å². The number of ether oxygens (including phenoxy) is 2. The van der Waals surface area contributed by atoms with Crippen LogP contribution in [-0.4, -0.2) is 29.9 Å². The molecule has 7 nitrogen and oxygen atoms in total. The van der Waals surface area contributed by atoms with E-state index in [0.717, 1.165) is 11.1 Å². The topological polar surface area (TPSA) is 82.5 Å². The van der Waals surface area contributed by atoms with E-state index in [0.29, 0.717) is 17.1 Å². The molecule has 0 saturated heterocycles. The Morgan fingerprint density at radius 2 is 1.71 bits per heavy atom. The first kappa shape index (κ1) is 19.2. The maximum Gasteiger partial charge on any atom is 0.280 e. The average molecular weight is 379 g/mol. The molecule has 0 spiro atoms. The minimum atomic E-state index is -0.511. The Bertz CT molecular complexity index is 1090. The highest BCUT2D eigenvalue weighted by Gasteiger charge is 2.20. The van der Waals surface area contributed by atoms with Crippen molar-refractivity contribution in [2.75, 3.05) is 19.5 Å². The number of carbonyl (C=O) groups excluding carboxylic acids is 1. The second kappa shape index (κ2) is 7.96. The van der Waals surface area contributed by atoms with Gasteiger partial charge in [-0.05, 0) is 43.2 Å². The van der Waals surface area contributed by atoms with Gasteiger partial charge in [0.1, 0.15) is 5.75 Å². The summed E-state index contributed by atoms with van der Waals surface area (Å²) in [6.07, 6.45) is 0. The fourth-order valence-corrected chi connectivity index (χ4v) is 2.83. The molecule has 2 aromatic carbocycles. The standard InChI is InChI=1S/C21H21N3O4/c1-13-9-10-17(27-3)15(11-13)22-21(26)20-18(28-4)12-19(25)24(23-20)16-8-6-5-7-14(16)2/h5-12H,1-4H3,(H,22,26). The zero-order valence-electron chi connectivity index (χ0n) is 16.1. The van der Waals surface area contributed by atoms with E-state index in [1.807, 2.05) is 32.0 Å². The van der Waals surface area contributed by atoms with E-state index < -0.39 is 11.5 Å². The van der Waals surface area contributed by atoms with Crippen molar-refractivity contribution in [3.8, 4) is 17.2 Å². The van der Waals surface area contributed by atoms with Gasteiger partial charge in [-0.1, -0.05) is 24.3 Å². The van der Waals surface area contributed by atoms with Gasteiger partial charge in [0, 0.05) is 0 Å². The summed E-state index contributed by atoms with van der Waals surface area (Å²) in [5.74, 6) is 0.104. The lowest BCUT2D eigenvalue weighted by Gasteiger charge is -2.14. The highest BCUT2D eigenvalue weighted by Crippen LogP contribution is 2.26. The Kier molecular flexibility index (Phi) is 5.44. The average Bonchev–Trinajstić information content (AvgIpc) is 2.68. The molecular weight excluding hydrogens is 358 g/mol. The number of hydrogen-bond acceptors (Lipinski definition) is 5. The Hall–Kier alpha value is -3.61. The number of rotatable bonds is 5. The smallest absolute Gasteiger partial charge is 0.280 e. The molecule has 1 N–H and O–H groups in total. The maximum atomic E-state index is 12.9. The van der Waals surface area contributed by atoms with Crippen LogP contribution in [0.3, 0.4) is 0 Å². The van der Waals surface area contributed by atoms with Crippen LogP contribution in [0, 0.1) is 13.8 Å². The second-order valence-electron chi connectivity index (χ2n) is 6.26. The van der Waals surface area contributed by atoms with Crippen LogP contribution in [0.15, 0.2) is 53.3 Å². The molecule has 0 atom stereocenters. The van der Waals surface area contributed by atoms with Crippen LogP contribution in [0.25, 0.3) is 5.69 Å². The third kappa shape index (κ3) is 3.73. The number of aryl methyl sites for hydroxylation is 2. The Morgan fingerprint density at radius 1 is 1.00 bits per heavy atom. The van der Waals surface area contributed by atoms with Gasteiger partial charge in [0.25, 0.3) is 11.5 Å². The van der Waals surface area contributed by atoms with Crippen LogP contribution >= 0.6 is 0 Å². The van der Waals surface area contributed by atoms with Crippen LogP contribution < -0.4 is 20.3 Å². The van der Waals surface area contributed by atoms with Crippen molar-refractivity contribution in [2.45, 2.75) is 13.8 Å². The first-order chi connectivity index (χ1) is 13.4. The molecular formula is C21H21N3O4. The zero-order chi connectivity index (χ0) is 20.3. The molecule has 0 bridgehead atoms. The van der Waals surface area contributed by atoms with Gasteiger partial charge < -0.3 is 14.8 Å². The maximum absolute atomic E-state index is 12.9. The quantitative estimate of drug-likeness (QED) is 0.737. The molecule has 0 aliphatic heterocycles. The molecule has 144 valence electrons. The summed E-state index contributed by atoms with van der Waals surface area (Å²) >= 11 is 0. The van der Waals surface area contributed by atoms with Gasteiger partial charge in [0.2, 0.25) is 0 Å². The van der Waals surface area contributed by atoms with E-state index in [2.05, 4.69) is 10.4 Å². The van der Waals surface area contributed by atoms with E-state index in [1.165, 1.54) is 25.0 Å². The predicted octanol–water partition coefficient (Wildman–Crippen LogP) is 3.12. The number of methoxy groups -OCH3 is 2. The number of nitrogens with zero attached hydrogens (tertiary/aromatic N) is 2. The van der Waals surface area contributed by atoms with Crippen molar-refractivity contribution in [3.05, 3.63) is 75.7 Å². The number of amides is 1. The van der Waals surface area contributed by atoms with Gasteiger partial charge >= 0.3 is 0 Å². The van der Waals surface area contributed by atoms with Gasteiger partial charge in [-0.15, -0.1) is 0 Å². The van der Waals surface area contributed by atoms with Crippen molar-refractivity contribution in [1.82, 2.24) is 9.78 Å². The summed E-state index contributed by atoms with van der Waals surface area (Å²) < 4.78 is 11.7. The Morgan fingerprint density at radius 3 is 2.39 bits per heavy atom. The summed E-state index contributed by atoms with van der Waals surface area (Å²) in [4.78, 5) is 25.4. The normalized spacial score (nSPS) is 10.4. The van der Waals surface area contributed by atoms with E-state index in [1.54, 1.807) is 24.3 Å². The minimum absolute atomic E-state index is 0.00564. The first-order valence-electron chi connectivity index (χ1n) is 8.65. The molecule has 0 fully saturated rings. The van der Waals surface area contributed by atoms with E-state index >= 15 is 0 Å². The van der Waals surface area contributed by atoms with Crippen LogP contribution in [0.4, 0.5) is 5.69 Å². The lowest BCUT2D eigenvalue weighted by atomic mass is 10.2. The van der Waals surface area contributed by atoms with Gasteiger partial charge in [-0.3, -0.25) is 9.59 Å². The predicted molar refractivity (Wildman–Crippen MR) is 107 cm³/mol. The largest absolute Gasteiger partial charge is 0.495 e. The van der Waals surface area contributed by atoms with Crippen LogP contribution in [0.2, 0.25) is 0 Å². The molecule has 0 radical (unpaired) electrons. The first-order valence-corrected chi connectivity index (χ1v) is 8.65. The summed E-state index contributed by atoms with van der Waals surface area (Å²) in [5, 5.41) is 7.06. The summed E-state index contributed by atoms with van der Waals surface area (Å²) in [6.45, 7) is 3.78. The van der Waals surface area contributed by atoms with Gasteiger partial charge in [-0.25, -0.2) is 0 Å². The molecule has 3 aromatic rings. The number of hydrogen-bond donors (Lipinski definition) is 1. The Labute approximate surface area is 162 Å². The van der Waals surface area contributed by atoms with Gasteiger partial charge in [0.15, 0.2) is 11.4 Å². The summed E-state index contributed by atoms with van der Waals surface area (Å²) in [5.41, 5.74) is 2.52. The van der Waals surface area contributed by atoms with Crippen molar-refractivity contribution in [2.24, 2.45) is 0 Å². The SMILES string of the molecule is COc1ccc(C)cc1NC(=O)c1nn(-c2ccccc2C)c(=O)cc1OC. The van der Waals surface area contributed by atoms with Crippen molar-refractivity contribution >= 4 is 11.6 Å². The molecule has 1 amide bonds. The number of anilines is 1. The number of benzene rings is 2. The third-order valence-corrected chi connectivity index (χ3v) is 4.28. The second-order valence-corrected chi connectivity index (χ2v) is 6.26. The minimum Gasteiger partial charge on any atom is -0.495 e. The summed E-state index contributed by atoms with van der Waals surface area (Å²) in [6, 6.07) is 14.0. The zero-order valence-corrected chi connectivity index (χ0v) is 16.1. The molecule has 0 unspecified atom stereocenters. The van der Waals surface area contributed by atoms with E-state index in [4.69, 9.17) is 9.47 Å². The molecule has 7 heteroatoms. The molecule has 0 saturated carbocycles. The van der Waals surface area contributed by atoms with E-state index in [-0.39, 0.29) is 11.4 Å². The Balaban J connectivity index is 2.07. The number of carbonyl (C=O) groups is 1. The lowest BCUT2D eigenvalue weighted by Crippen LogP contribution is -2.26. The van der Waals surface area contributed by atoms with Crippen LogP contribution in [0.5, 0.6) is 11.5 Å². The van der Waals surface area contributed by atoms with Crippen molar-refractivity contribution in [1.29, 1.82) is 0 Å². The number of aromatic nitrogens is 2. The highest BCUT2D eigenvalue weighted by atomic mass is 16.5. The fourth-order valence-electron chi connectivity index (χ4n) is 2.83. The van der Waals surface area contributed by atoms with Gasteiger partial charge in [-0.2, -0.15) is 9.78 Å². The highest BCUT2D eigenvalue weighted by molar-refractivity contribution is 6.05. The van der Waals surface area contributed by atoms with Crippen LogP contribution in [0.1, 0.15) is 21.6 Å². The monoisotopic (exact) mass is 379 g/mol. The van der Waals surface area contributed by atoms with Crippen molar-refractivity contribution in [3.63, 3.8) is 0 Å². The molecule has 3 rings (SSSR count). The fraction of sp³-hybridized carbons (Fsp3) is 0.190.